The van der Waals surface area contributed by atoms with Gasteiger partial charge in [0.1, 0.15) is 11.6 Å². The minimum absolute atomic E-state index is 0.0281. The van der Waals surface area contributed by atoms with Crippen LogP contribution in [0.2, 0.25) is 0 Å². The van der Waals surface area contributed by atoms with Crippen molar-refractivity contribution in [2.75, 3.05) is 30.5 Å². The van der Waals surface area contributed by atoms with E-state index in [1.165, 1.54) is 0 Å². The average Bonchev–Trinajstić information content (AvgIpc) is 3.62. The molecule has 0 radical (unpaired) electrons. The lowest BCUT2D eigenvalue weighted by molar-refractivity contribution is -0.193. The number of nitrogens with one attached hydrogen (secondary N) is 2. The Morgan fingerprint density at radius 1 is 0.850 bits per heavy atom. The molecule has 0 aliphatic rings. The smallest absolute Gasteiger partial charge is 0.490 e. The van der Waals surface area contributed by atoms with Gasteiger partial charge in [-0.15, -0.1) is 0 Å². The first-order valence-corrected chi connectivity index (χ1v) is 16.6. The Balaban J connectivity index is 0.000000702. The molecule has 0 aliphatic heterocycles. The minimum Gasteiger partial charge on any atom is -0.494 e. The van der Waals surface area contributed by atoms with Crippen LogP contribution < -0.4 is 25.0 Å². The zero-order valence-corrected chi connectivity index (χ0v) is 31.9. The van der Waals surface area contributed by atoms with E-state index in [2.05, 4.69) is 9.97 Å². The van der Waals surface area contributed by atoms with Crippen molar-refractivity contribution in [2.24, 2.45) is 5.73 Å². The van der Waals surface area contributed by atoms with E-state index in [-0.39, 0.29) is 24.2 Å². The number of aromatic amines is 1. The Morgan fingerprint density at radius 3 is 1.75 bits per heavy atom. The number of nitrogens with zero attached hydrogens (tertiary/aromatic N) is 3. The van der Waals surface area contributed by atoms with Gasteiger partial charge in [-0.05, 0) is 57.2 Å². The van der Waals surface area contributed by atoms with Crippen LogP contribution in [0.15, 0.2) is 66.9 Å². The van der Waals surface area contributed by atoms with Crippen molar-refractivity contribution in [3.63, 3.8) is 0 Å². The molecular weight excluding hydrogens is 834 g/mol. The molecule has 14 nitrogen and oxygen atoms in total. The Kier molecular flexibility index (Phi) is 18.7. The van der Waals surface area contributed by atoms with Gasteiger partial charge in [0, 0.05) is 48.2 Å². The molecule has 0 fully saturated rings. The third kappa shape index (κ3) is 16.6. The van der Waals surface area contributed by atoms with E-state index in [9.17, 15) is 39.5 Å². The number of aliphatic carboxylic acids is 3. The Bertz CT molecular complexity index is 2000. The second kappa shape index (κ2) is 21.9. The van der Waals surface area contributed by atoms with Gasteiger partial charge in [-0.25, -0.2) is 23.8 Å². The summed E-state index contributed by atoms with van der Waals surface area (Å²) in [5.41, 5.74) is 10.3. The number of nitrogen functional groups attached to an aromatic ring is 1. The molecule has 60 heavy (non-hydrogen) atoms. The summed E-state index contributed by atoms with van der Waals surface area (Å²) in [5.74, 6) is -7.56. The van der Waals surface area contributed by atoms with Gasteiger partial charge < -0.3 is 45.3 Å². The van der Waals surface area contributed by atoms with E-state index in [0.29, 0.717) is 29.4 Å². The molecule has 330 valence electrons. The van der Waals surface area contributed by atoms with Crippen molar-refractivity contribution >= 4 is 41.1 Å². The Labute approximate surface area is 334 Å². The van der Waals surface area contributed by atoms with E-state index >= 15 is 4.39 Å². The lowest BCUT2D eigenvalue weighted by atomic mass is 10.1. The van der Waals surface area contributed by atoms with E-state index in [4.69, 9.17) is 50.3 Å². The fraction of sp³-hybridized carbons (Fsp3) is 0.306. The maximum Gasteiger partial charge on any atom is 0.490 e. The van der Waals surface area contributed by atoms with Crippen LogP contribution in [0.25, 0.3) is 11.3 Å². The number of hydrogen-bond acceptors (Lipinski definition) is 9. The number of alkyl halides is 9. The number of H-pyrrole nitrogens is 1. The predicted molar refractivity (Wildman–Crippen MR) is 196 cm³/mol. The first kappa shape index (κ1) is 51.3. The zero-order valence-electron chi connectivity index (χ0n) is 31.9. The number of ether oxygens (including phenoxy) is 2. The van der Waals surface area contributed by atoms with Crippen molar-refractivity contribution < 1.29 is 83.1 Å². The number of benzene rings is 3. The maximum atomic E-state index is 15.7. The van der Waals surface area contributed by atoms with E-state index in [1.54, 1.807) is 30.5 Å². The highest BCUT2D eigenvalue weighted by atomic mass is 19.4. The van der Waals surface area contributed by atoms with Gasteiger partial charge in [0.2, 0.25) is 5.95 Å². The largest absolute Gasteiger partial charge is 0.494 e. The fourth-order valence-corrected chi connectivity index (χ4v) is 4.29. The molecule has 1 heterocycles. The number of rotatable bonds is 11. The van der Waals surface area contributed by atoms with Crippen LogP contribution in [0.5, 0.6) is 11.5 Å². The normalized spacial score (nSPS) is 11.1. The summed E-state index contributed by atoms with van der Waals surface area (Å²) in [7, 11) is 3.98. The summed E-state index contributed by atoms with van der Waals surface area (Å²) in [6.07, 6.45) is -13.7. The van der Waals surface area contributed by atoms with Gasteiger partial charge in [-0.3, -0.25) is 5.41 Å². The van der Waals surface area contributed by atoms with Crippen LogP contribution in [0.3, 0.4) is 0 Å². The van der Waals surface area contributed by atoms with Crippen LogP contribution in [-0.2, 0) is 20.9 Å². The second-order valence-electron chi connectivity index (χ2n) is 12.0. The number of para-hydroxylation sites is 1. The van der Waals surface area contributed by atoms with E-state index < -0.39 is 42.3 Å². The van der Waals surface area contributed by atoms with Crippen LogP contribution >= 0.6 is 0 Å². The van der Waals surface area contributed by atoms with Crippen LogP contribution in [-0.4, -0.2) is 94.4 Å². The van der Waals surface area contributed by atoms with E-state index in [1.807, 2.05) is 81.1 Å². The third-order valence-corrected chi connectivity index (χ3v) is 6.80. The van der Waals surface area contributed by atoms with Crippen molar-refractivity contribution in [1.82, 2.24) is 9.97 Å². The number of amidine groups is 1. The lowest BCUT2D eigenvalue weighted by Gasteiger charge is -2.24. The summed E-state index contributed by atoms with van der Waals surface area (Å²) in [6, 6.07) is 18.5. The van der Waals surface area contributed by atoms with Crippen molar-refractivity contribution in [3.05, 3.63) is 83.8 Å². The molecule has 7 N–H and O–H groups in total. The van der Waals surface area contributed by atoms with E-state index in [0.717, 1.165) is 22.6 Å². The molecule has 24 heteroatoms. The van der Waals surface area contributed by atoms with Crippen LogP contribution in [0, 0.1) is 11.2 Å². The topological polar surface area (TPSA) is 215 Å². The van der Waals surface area contributed by atoms with Gasteiger partial charge in [0.15, 0.2) is 11.6 Å². The standard InChI is InChI=1S/C30H35FN6O2.3C2HF3O2/c1-6-38-23-15-21(28(31)27(16-23)39-19(2)3)18-37(22-13-11-20(12-14-22)29(32)33)30-34-17-25(35-30)24-9-7-8-10-26(24)36(4)5;3*3-2(4,5)1(6)7/h7-17,19H,6,18H2,1-5H3,(H3,32,33)(H,34,35);3*(H,6,7). The number of hydrogen-bond donors (Lipinski definition) is 6. The second-order valence-corrected chi connectivity index (χ2v) is 12.0. The highest BCUT2D eigenvalue weighted by Gasteiger charge is 2.39. The summed E-state index contributed by atoms with van der Waals surface area (Å²) in [6.45, 7) is 6.17. The number of nitrogens with two attached hydrogens (primary N) is 1. The number of anilines is 3. The minimum atomic E-state index is -5.08. The summed E-state index contributed by atoms with van der Waals surface area (Å²) in [4.78, 5) is 38.7. The molecule has 0 aliphatic carbocycles. The monoisotopic (exact) mass is 872 g/mol. The SMILES string of the molecule is CCOc1cc(CN(c2ccc(C(=N)N)cc2)c2ncc(-c3ccccc3N(C)C)[nH]2)c(F)c(OC(C)C)c1.O=C(O)C(F)(F)F.O=C(O)C(F)(F)F.O=C(O)C(F)(F)F. The average molecular weight is 873 g/mol. The molecule has 0 spiro atoms. The van der Waals surface area contributed by atoms with Crippen molar-refractivity contribution in [3.8, 4) is 22.8 Å². The molecule has 4 aromatic rings. The molecule has 0 saturated carbocycles. The molecule has 1 aromatic heterocycles. The van der Waals surface area contributed by atoms with Gasteiger partial charge in [0.05, 0.1) is 31.1 Å². The fourth-order valence-electron chi connectivity index (χ4n) is 4.29. The number of carbonyl (C=O) groups is 3. The number of carboxylic acid groups (broad SMARTS) is 3. The molecule has 0 amide bonds. The summed E-state index contributed by atoms with van der Waals surface area (Å²) >= 11 is 0. The van der Waals surface area contributed by atoms with Gasteiger partial charge >= 0.3 is 36.4 Å². The molecule has 4 rings (SSSR count). The lowest BCUT2D eigenvalue weighted by Crippen LogP contribution is -2.21. The summed E-state index contributed by atoms with van der Waals surface area (Å²) < 4.78 is 122. The zero-order chi connectivity index (χ0) is 46.3. The number of imidazole rings is 1. The number of halogens is 10. The van der Waals surface area contributed by atoms with Gasteiger partial charge in [-0.1, -0.05) is 18.2 Å². The highest BCUT2D eigenvalue weighted by molar-refractivity contribution is 5.95. The first-order chi connectivity index (χ1) is 27.5. The van der Waals surface area contributed by atoms with Gasteiger partial charge in [0.25, 0.3) is 0 Å². The molecular formula is C36H38F10N6O8. The van der Waals surface area contributed by atoms with Crippen molar-refractivity contribution in [2.45, 2.75) is 51.9 Å². The van der Waals surface area contributed by atoms with Crippen LogP contribution in [0.1, 0.15) is 31.9 Å². The Morgan fingerprint density at radius 2 is 1.33 bits per heavy atom. The maximum absolute atomic E-state index is 15.7. The summed E-state index contributed by atoms with van der Waals surface area (Å²) in [5, 5.41) is 29.1. The predicted octanol–water partition coefficient (Wildman–Crippen LogP) is 7.99. The van der Waals surface area contributed by atoms with Gasteiger partial charge in [-0.2, -0.15) is 39.5 Å². The molecule has 0 atom stereocenters. The quantitative estimate of drug-likeness (QED) is 0.0481. The number of carboxylic acids is 3. The van der Waals surface area contributed by atoms with Crippen molar-refractivity contribution in [1.29, 1.82) is 5.41 Å². The first-order valence-electron chi connectivity index (χ1n) is 16.6. The number of aromatic nitrogens is 2. The Hall–Kier alpha value is -6.75. The highest BCUT2D eigenvalue weighted by Crippen LogP contribution is 2.35. The molecule has 0 unspecified atom stereocenters. The van der Waals surface area contributed by atoms with Crippen LogP contribution in [0.4, 0.5) is 61.2 Å². The third-order valence-electron chi connectivity index (χ3n) is 6.80. The molecule has 0 bridgehead atoms. The molecule has 3 aromatic carbocycles. The molecule has 0 saturated heterocycles.